The van der Waals surface area contributed by atoms with Gasteiger partial charge in [0.2, 0.25) is 0 Å². The number of fused-ring (bicyclic) bond motifs is 5. The van der Waals surface area contributed by atoms with Gasteiger partial charge < -0.3 is 0 Å². The molecule has 0 nitrogen and oxygen atoms in total. The third kappa shape index (κ3) is 5.76. The molecule has 4 heteroatoms. The van der Waals surface area contributed by atoms with Gasteiger partial charge in [0.1, 0.15) is 0 Å². The van der Waals surface area contributed by atoms with Crippen LogP contribution in [0.2, 0.25) is 0 Å². The normalized spacial score (nSPS) is 13.9. The van der Waals surface area contributed by atoms with Gasteiger partial charge in [-0.2, -0.15) is 0 Å². The summed E-state index contributed by atoms with van der Waals surface area (Å²) in [6.45, 7) is 9.35. The third-order valence-corrected chi connectivity index (χ3v) is 11.0. The van der Waals surface area contributed by atoms with Gasteiger partial charge in [0, 0.05) is 20.2 Å². The Hall–Kier alpha value is -0.420. The summed E-state index contributed by atoms with van der Waals surface area (Å²) in [4.78, 5) is 0. The summed E-state index contributed by atoms with van der Waals surface area (Å²) in [6.07, 6.45) is 12.8. The van der Waals surface area contributed by atoms with E-state index in [1.54, 1.807) is 11.1 Å². The highest BCUT2D eigenvalue weighted by Gasteiger charge is 2.19. The van der Waals surface area contributed by atoms with Crippen molar-refractivity contribution in [1.29, 1.82) is 0 Å². The lowest BCUT2D eigenvalue weighted by atomic mass is 9.87. The molecule has 2 aromatic heterocycles. The van der Waals surface area contributed by atoms with Crippen LogP contribution in [-0.2, 0) is 12.8 Å². The Kier molecular flexibility index (Phi) is 9.57. The van der Waals surface area contributed by atoms with Crippen molar-refractivity contribution in [3.8, 4) is 0 Å². The Morgan fingerprint density at radius 1 is 0.618 bits per heavy atom. The van der Waals surface area contributed by atoms with E-state index >= 15 is 0 Å². The fraction of sp³-hybridized carbons (Fsp3) is 0.533. The first-order valence-electron chi connectivity index (χ1n) is 13.2. The average Bonchev–Trinajstić information content (AvgIpc) is 3.42. The molecule has 2 atom stereocenters. The Morgan fingerprint density at radius 2 is 1.03 bits per heavy atom. The van der Waals surface area contributed by atoms with Crippen molar-refractivity contribution >= 4 is 85.5 Å². The quantitative estimate of drug-likeness (QED) is 0.147. The van der Waals surface area contributed by atoms with E-state index in [4.69, 9.17) is 0 Å². The van der Waals surface area contributed by atoms with Gasteiger partial charge in [-0.1, -0.05) is 79.1 Å². The van der Waals surface area contributed by atoms with Crippen LogP contribution < -0.4 is 0 Å². The lowest BCUT2D eigenvalue weighted by Crippen LogP contribution is -2.05. The minimum Gasteiger partial charge on any atom is -0.128 e. The minimum atomic E-state index is 0.771. The maximum Gasteiger partial charge on any atom is 0.0711 e. The van der Waals surface area contributed by atoms with Crippen molar-refractivity contribution in [3.05, 3.63) is 43.0 Å². The van der Waals surface area contributed by atoms with Gasteiger partial charge in [0.15, 0.2) is 0 Å². The number of thiophene rings is 2. The lowest BCUT2D eigenvalue weighted by molar-refractivity contribution is 0.450. The summed E-state index contributed by atoms with van der Waals surface area (Å²) < 4.78 is 5.44. The van der Waals surface area contributed by atoms with E-state index in [0.29, 0.717) is 0 Å². The topological polar surface area (TPSA) is 0 Å². The molecular weight excluding hydrogens is 584 g/mol. The summed E-state index contributed by atoms with van der Waals surface area (Å²) in [5.74, 6) is 1.54. The van der Waals surface area contributed by atoms with Gasteiger partial charge in [0.05, 0.1) is 7.57 Å². The molecule has 0 aliphatic rings. The van der Waals surface area contributed by atoms with Gasteiger partial charge in [-0.15, -0.1) is 22.7 Å². The first-order valence-corrected chi connectivity index (χ1v) is 16.5. The van der Waals surface area contributed by atoms with Crippen molar-refractivity contribution in [2.45, 2.75) is 91.9 Å². The molecule has 0 aliphatic heterocycles. The highest BCUT2D eigenvalue weighted by atomic mass is 79.9. The second-order valence-electron chi connectivity index (χ2n) is 9.99. The standard InChI is InChI=1S/C30H38Br2S2/c1-5-9-11-19(7-3)13-21-15-25-26(29-23(21)17-27(31)33-29)16-22(14-20(8-4)12-10-6-2)24-18-28(32)34-30(24)25/h15-20H,5-14H2,1-4H3. The number of unbranched alkanes of at least 4 members (excludes halogenated alkanes) is 2. The zero-order valence-electron chi connectivity index (χ0n) is 21.1. The molecule has 0 saturated heterocycles. The van der Waals surface area contributed by atoms with Gasteiger partial charge in [0.25, 0.3) is 0 Å². The molecule has 2 aromatic carbocycles. The largest absolute Gasteiger partial charge is 0.128 e. The van der Waals surface area contributed by atoms with Crippen molar-refractivity contribution < 1.29 is 0 Å². The summed E-state index contributed by atoms with van der Waals surface area (Å²) in [6, 6.07) is 9.86. The zero-order valence-corrected chi connectivity index (χ0v) is 25.9. The fourth-order valence-corrected chi connectivity index (χ4v) is 8.81. The monoisotopic (exact) mass is 620 g/mol. The Labute approximate surface area is 230 Å². The molecule has 4 rings (SSSR count). The predicted molar refractivity (Wildman–Crippen MR) is 164 cm³/mol. The van der Waals surface area contributed by atoms with Crippen LogP contribution in [0.1, 0.15) is 90.2 Å². The number of hydrogen-bond donors (Lipinski definition) is 0. The van der Waals surface area contributed by atoms with Crippen molar-refractivity contribution in [2.75, 3.05) is 0 Å². The summed E-state index contributed by atoms with van der Waals surface area (Å²) in [7, 11) is 0. The smallest absolute Gasteiger partial charge is 0.0711 e. The molecule has 0 radical (unpaired) electrons. The van der Waals surface area contributed by atoms with Gasteiger partial charge >= 0.3 is 0 Å². The van der Waals surface area contributed by atoms with E-state index in [0.717, 1.165) is 11.8 Å². The second kappa shape index (κ2) is 12.2. The molecule has 2 heterocycles. The van der Waals surface area contributed by atoms with Crippen LogP contribution in [0.5, 0.6) is 0 Å². The van der Waals surface area contributed by atoms with Crippen LogP contribution in [0.3, 0.4) is 0 Å². The van der Waals surface area contributed by atoms with E-state index in [1.807, 2.05) is 22.7 Å². The molecule has 184 valence electrons. The van der Waals surface area contributed by atoms with E-state index in [9.17, 15) is 0 Å². The lowest BCUT2D eigenvalue weighted by Gasteiger charge is -2.18. The minimum absolute atomic E-state index is 0.771. The fourth-order valence-electron chi connectivity index (χ4n) is 5.48. The van der Waals surface area contributed by atoms with Crippen molar-refractivity contribution in [2.24, 2.45) is 11.8 Å². The maximum absolute atomic E-state index is 3.84. The van der Waals surface area contributed by atoms with Crippen LogP contribution in [0.15, 0.2) is 31.8 Å². The van der Waals surface area contributed by atoms with Crippen molar-refractivity contribution in [1.82, 2.24) is 0 Å². The van der Waals surface area contributed by atoms with Gasteiger partial charge in [-0.25, -0.2) is 0 Å². The molecule has 0 bridgehead atoms. The maximum atomic E-state index is 3.84. The first kappa shape index (κ1) is 26.6. The van der Waals surface area contributed by atoms with Gasteiger partial charge in [-0.05, 0) is 103 Å². The molecule has 0 saturated carbocycles. The van der Waals surface area contributed by atoms with Crippen molar-refractivity contribution in [3.63, 3.8) is 0 Å². The van der Waals surface area contributed by atoms with Gasteiger partial charge in [-0.3, -0.25) is 0 Å². The summed E-state index contributed by atoms with van der Waals surface area (Å²) in [5, 5.41) is 5.85. The van der Waals surface area contributed by atoms with Crippen LogP contribution in [0, 0.1) is 11.8 Å². The predicted octanol–water partition coefficient (Wildman–Crippen LogP) is 12.3. The molecular formula is C30H38Br2S2. The third-order valence-electron chi connectivity index (χ3n) is 7.62. The summed E-state index contributed by atoms with van der Waals surface area (Å²) >= 11 is 11.5. The molecule has 0 spiro atoms. The molecule has 0 fully saturated rings. The Morgan fingerprint density at radius 3 is 1.38 bits per heavy atom. The van der Waals surface area contributed by atoms with E-state index in [-0.39, 0.29) is 0 Å². The number of halogens is 2. The SMILES string of the molecule is CCCCC(CC)Cc1cc2c(cc(CC(CC)CCCC)c3cc(Br)sc32)c2sc(Br)cc12. The molecule has 34 heavy (non-hydrogen) atoms. The number of rotatable bonds is 12. The number of benzene rings is 2. The first-order chi connectivity index (χ1) is 16.5. The van der Waals surface area contributed by atoms with E-state index < -0.39 is 0 Å². The average molecular weight is 623 g/mol. The molecule has 0 amide bonds. The van der Waals surface area contributed by atoms with E-state index in [1.165, 1.54) is 103 Å². The molecule has 0 aliphatic carbocycles. The van der Waals surface area contributed by atoms with Crippen LogP contribution >= 0.6 is 54.5 Å². The zero-order chi connectivity index (χ0) is 24.2. The highest BCUT2D eigenvalue weighted by molar-refractivity contribution is 9.11. The second-order valence-corrected chi connectivity index (χ2v) is 14.9. The molecule has 0 N–H and O–H groups in total. The Bertz CT molecular complexity index is 1150. The Balaban J connectivity index is 1.88. The molecule has 2 unspecified atom stereocenters. The highest BCUT2D eigenvalue weighted by Crippen LogP contribution is 2.45. The number of hydrogen-bond acceptors (Lipinski definition) is 2. The molecule has 4 aromatic rings. The van der Waals surface area contributed by atoms with E-state index in [2.05, 4.69) is 83.8 Å². The summed E-state index contributed by atoms with van der Waals surface area (Å²) in [5.41, 5.74) is 3.08. The van der Waals surface area contributed by atoms with Crippen LogP contribution in [-0.4, -0.2) is 0 Å². The van der Waals surface area contributed by atoms with Crippen LogP contribution in [0.25, 0.3) is 30.9 Å². The van der Waals surface area contributed by atoms with Crippen LogP contribution in [0.4, 0.5) is 0 Å².